The van der Waals surface area contributed by atoms with Crippen LogP contribution in [0.2, 0.25) is 0 Å². The van der Waals surface area contributed by atoms with E-state index in [9.17, 15) is 4.79 Å². The van der Waals surface area contributed by atoms with Crippen LogP contribution in [0.3, 0.4) is 0 Å². The van der Waals surface area contributed by atoms with Gasteiger partial charge in [-0.1, -0.05) is 16.8 Å². The molecule has 6 nitrogen and oxygen atoms in total. The Balaban J connectivity index is 1.85. The van der Waals surface area contributed by atoms with Crippen LogP contribution in [0, 0.1) is 6.92 Å². The van der Waals surface area contributed by atoms with Crippen molar-refractivity contribution in [1.29, 1.82) is 0 Å². The maximum atomic E-state index is 12.3. The lowest BCUT2D eigenvalue weighted by Gasteiger charge is -2.01. The van der Waals surface area contributed by atoms with E-state index in [0.29, 0.717) is 17.0 Å². The number of hydrogen-bond acceptors (Lipinski definition) is 5. The Bertz CT molecular complexity index is 1050. The molecule has 3 heterocycles. The van der Waals surface area contributed by atoms with Gasteiger partial charge in [-0.3, -0.25) is 9.78 Å². The first-order chi connectivity index (χ1) is 11.2. The summed E-state index contributed by atoms with van der Waals surface area (Å²) < 4.78 is 5.24. The topological polar surface area (TPSA) is 84.7 Å². The predicted molar refractivity (Wildman–Crippen MR) is 85.8 cm³/mol. The molecule has 23 heavy (non-hydrogen) atoms. The van der Waals surface area contributed by atoms with E-state index < -0.39 is 0 Å². The third-order valence-corrected chi connectivity index (χ3v) is 3.58. The Labute approximate surface area is 130 Å². The molecule has 3 aromatic heterocycles. The van der Waals surface area contributed by atoms with Crippen molar-refractivity contribution in [2.24, 2.45) is 0 Å². The number of nitrogens with zero attached hydrogens (tertiary/aromatic N) is 3. The van der Waals surface area contributed by atoms with Crippen LogP contribution < -0.4 is 5.56 Å². The molecule has 0 aliphatic heterocycles. The van der Waals surface area contributed by atoms with Gasteiger partial charge in [-0.2, -0.15) is 4.98 Å². The van der Waals surface area contributed by atoms with E-state index >= 15 is 0 Å². The first kappa shape index (κ1) is 13.4. The Kier molecular flexibility index (Phi) is 3.01. The lowest BCUT2D eigenvalue weighted by Crippen LogP contribution is -2.09. The molecule has 0 saturated heterocycles. The number of hydrogen-bond donors (Lipinski definition) is 1. The maximum Gasteiger partial charge on any atom is 0.259 e. The number of benzene rings is 1. The first-order valence-electron chi connectivity index (χ1n) is 7.09. The molecule has 0 aliphatic carbocycles. The van der Waals surface area contributed by atoms with E-state index in [1.807, 2.05) is 31.2 Å². The molecule has 4 rings (SSSR count). The highest BCUT2D eigenvalue weighted by Gasteiger charge is 2.14. The number of rotatable bonds is 2. The van der Waals surface area contributed by atoms with E-state index in [0.717, 1.165) is 16.5 Å². The summed E-state index contributed by atoms with van der Waals surface area (Å²) in [5, 5.41) is 4.84. The zero-order valence-corrected chi connectivity index (χ0v) is 12.3. The van der Waals surface area contributed by atoms with Crippen molar-refractivity contribution in [2.45, 2.75) is 6.92 Å². The van der Waals surface area contributed by atoms with E-state index in [1.54, 1.807) is 24.5 Å². The largest absolute Gasteiger partial charge is 0.334 e. The molecule has 0 amide bonds. The molecule has 0 bridgehead atoms. The molecule has 0 atom stereocenters. The van der Waals surface area contributed by atoms with Crippen molar-refractivity contribution in [3.8, 4) is 22.8 Å². The van der Waals surface area contributed by atoms with Crippen LogP contribution in [0.15, 0.2) is 58.1 Å². The summed E-state index contributed by atoms with van der Waals surface area (Å²) in [4.78, 5) is 23.4. The Morgan fingerprint density at radius 1 is 1.17 bits per heavy atom. The van der Waals surface area contributed by atoms with Gasteiger partial charge in [-0.15, -0.1) is 0 Å². The smallest absolute Gasteiger partial charge is 0.259 e. The van der Waals surface area contributed by atoms with E-state index in [1.165, 1.54) is 0 Å². The average molecular weight is 304 g/mol. The number of aromatic amines is 1. The quantitative estimate of drug-likeness (QED) is 0.615. The highest BCUT2D eigenvalue weighted by molar-refractivity contribution is 5.83. The molecule has 112 valence electrons. The minimum Gasteiger partial charge on any atom is -0.334 e. The van der Waals surface area contributed by atoms with Gasteiger partial charge in [0.25, 0.3) is 11.4 Å². The molecule has 0 spiro atoms. The molecule has 0 unspecified atom stereocenters. The summed E-state index contributed by atoms with van der Waals surface area (Å²) in [7, 11) is 0. The van der Waals surface area contributed by atoms with Crippen LogP contribution >= 0.6 is 0 Å². The Hall–Kier alpha value is -3.28. The number of pyridine rings is 2. The predicted octanol–water partition coefficient (Wildman–Crippen LogP) is 2.95. The fraction of sp³-hybridized carbons (Fsp3) is 0.0588. The molecular formula is C17H12N4O2. The minimum atomic E-state index is -0.250. The highest BCUT2D eigenvalue weighted by atomic mass is 16.5. The zero-order chi connectivity index (χ0) is 15.8. The van der Waals surface area contributed by atoms with Gasteiger partial charge in [-0.25, -0.2) is 0 Å². The Morgan fingerprint density at radius 2 is 2.09 bits per heavy atom. The number of H-pyrrole nitrogens is 1. The van der Waals surface area contributed by atoms with Crippen molar-refractivity contribution in [1.82, 2.24) is 20.1 Å². The monoisotopic (exact) mass is 304 g/mol. The minimum absolute atomic E-state index is 0.250. The van der Waals surface area contributed by atoms with Crippen molar-refractivity contribution < 1.29 is 4.52 Å². The van der Waals surface area contributed by atoms with Crippen LogP contribution in [0.25, 0.3) is 33.7 Å². The van der Waals surface area contributed by atoms with Gasteiger partial charge in [0.2, 0.25) is 5.82 Å². The van der Waals surface area contributed by atoms with Gasteiger partial charge in [0.05, 0.1) is 11.1 Å². The van der Waals surface area contributed by atoms with Crippen molar-refractivity contribution in [3.63, 3.8) is 0 Å². The summed E-state index contributed by atoms with van der Waals surface area (Å²) >= 11 is 0. The van der Waals surface area contributed by atoms with Gasteiger partial charge in [-0.05, 0) is 42.6 Å². The third-order valence-electron chi connectivity index (χ3n) is 3.58. The van der Waals surface area contributed by atoms with Crippen molar-refractivity contribution in [3.05, 3.63) is 64.7 Å². The fourth-order valence-corrected chi connectivity index (χ4v) is 2.43. The summed E-state index contributed by atoms with van der Waals surface area (Å²) in [5.41, 5.74) is 2.72. The Morgan fingerprint density at radius 3 is 2.91 bits per heavy atom. The molecule has 0 saturated carbocycles. The van der Waals surface area contributed by atoms with Gasteiger partial charge in [0.1, 0.15) is 0 Å². The second-order valence-electron chi connectivity index (χ2n) is 5.27. The number of fused-ring (bicyclic) bond motifs is 1. The lowest BCUT2D eigenvalue weighted by atomic mass is 10.1. The van der Waals surface area contributed by atoms with Crippen LogP contribution in [0.5, 0.6) is 0 Å². The molecule has 6 heteroatoms. The van der Waals surface area contributed by atoms with Crippen LogP contribution in [0.1, 0.15) is 5.56 Å². The van der Waals surface area contributed by atoms with Gasteiger partial charge in [0, 0.05) is 17.9 Å². The van der Waals surface area contributed by atoms with Crippen LogP contribution in [0.4, 0.5) is 0 Å². The molecule has 0 fully saturated rings. The second-order valence-corrected chi connectivity index (χ2v) is 5.27. The summed E-state index contributed by atoms with van der Waals surface area (Å²) in [5.74, 6) is 0.588. The van der Waals surface area contributed by atoms with Gasteiger partial charge < -0.3 is 9.51 Å². The third kappa shape index (κ3) is 2.40. The molecule has 0 aliphatic rings. The lowest BCUT2D eigenvalue weighted by molar-refractivity contribution is 0.432. The zero-order valence-electron chi connectivity index (χ0n) is 12.3. The molecule has 1 aromatic carbocycles. The number of nitrogens with one attached hydrogen (secondary N) is 1. The van der Waals surface area contributed by atoms with E-state index in [4.69, 9.17) is 4.52 Å². The normalized spacial score (nSPS) is 11.0. The first-order valence-corrected chi connectivity index (χ1v) is 7.09. The molecule has 1 N–H and O–H groups in total. The standard InChI is InChI=1S/C17H12N4O2/c1-10-4-5-14-12(7-10)8-13(16(22)19-14)15-20-17(23-21-15)11-3-2-6-18-9-11/h2-9H,1H3,(H,19,22). The van der Waals surface area contributed by atoms with E-state index in [2.05, 4.69) is 20.1 Å². The molecular weight excluding hydrogens is 292 g/mol. The highest BCUT2D eigenvalue weighted by Crippen LogP contribution is 2.22. The van der Waals surface area contributed by atoms with Gasteiger partial charge in [0.15, 0.2) is 0 Å². The summed E-state index contributed by atoms with van der Waals surface area (Å²) in [6, 6.07) is 11.2. The summed E-state index contributed by atoms with van der Waals surface area (Å²) in [6.07, 6.45) is 3.29. The van der Waals surface area contributed by atoms with E-state index in [-0.39, 0.29) is 11.4 Å². The van der Waals surface area contributed by atoms with Crippen LogP contribution in [-0.4, -0.2) is 20.1 Å². The average Bonchev–Trinajstić information content (AvgIpc) is 3.05. The van der Waals surface area contributed by atoms with Crippen molar-refractivity contribution >= 4 is 10.9 Å². The SMILES string of the molecule is Cc1ccc2[nH]c(=O)c(-c3noc(-c4cccnc4)n3)cc2c1. The molecule has 4 aromatic rings. The summed E-state index contributed by atoms with van der Waals surface area (Å²) in [6.45, 7) is 2.00. The number of aryl methyl sites for hydroxylation is 1. The van der Waals surface area contributed by atoms with Crippen LogP contribution in [-0.2, 0) is 0 Å². The molecule has 0 radical (unpaired) electrons. The fourth-order valence-electron chi connectivity index (χ4n) is 2.43. The van der Waals surface area contributed by atoms with Crippen molar-refractivity contribution in [2.75, 3.05) is 0 Å². The maximum absolute atomic E-state index is 12.3. The van der Waals surface area contributed by atoms with Gasteiger partial charge >= 0.3 is 0 Å². The number of aromatic nitrogens is 4. The second kappa shape index (κ2) is 5.17.